The Kier molecular flexibility index (Phi) is 3.51. The van der Waals surface area contributed by atoms with Crippen molar-refractivity contribution in [2.24, 2.45) is 7.05 Å². The van der Waals surface area contributed by atoms with Crippen LogP contribution in [-0.4, -0.2) is 60.0 Å². The molecule has 24 heavy (non-hydrogen) atoms. The Morgan fingerprint density at radius 3 is 2.79 bits per heavy atom. The Morgan fingerprint density at radius 1 is 1.29 bits per heavy atom. The zero-order chi connectivity index (χ0) is 16.7. The van der Waals surface area contributed by atoms with Gasteiger partial charge in [0.1, 0.15) is 6.33 Å². The van der Waals surface area contributed by atoms with Crippen LogP contribution in [0.3, 0.4) is 0 Å². The lowest BCUT2D eigenvalue weighted by Crippen LogP contribution is -2.40. The van der Waals surface area contributed by atoms with Crippen LogP contribution in [0.2, 0.25) is 0 Å². The summed E-state index contributed by atoms with van der Waals surface area (Å²) in [5, 5.41) is 4.08. The van der Waals surface area contributed by atoms with Crippen LogP contribution in [0.15, 0.2) is 30.9 Å². The molecular formula is C16H18N6O2. The van der Waals surface area contributed by atoms with Crippen LogP contribution in [0.5, 0.6) is 0 Å². The first kappa shape index (κ1) is 14.8. The van der Waals surface area contributed by atoms with Crippen LogP contribution < -0.4 is 0 Å². The molecule has 0 radical (unpaired) electrons. The van der Waals surface area contributed by atoms with E-state index in [9.17, 15) is 9.59 Å². The van der Waals surface area contributed by atoms with Crippen molar-refractivity contribution in [2.75, 3.05) is 6.54 Å². The summed E-state index contributed by atoms with van der Waals surface area (Å²) in [6.45, 7) is 1.19. The van der Waals surface area contributed by atoms with Crippen molar-refractivity contribution in [1.82, 2.24) is 29.5 Å². The summed E-state index contributed by atoms with van der Waals surface area (Å²) in [6.07, 6.45) is 6.12. The third-order valence-corrected chi connectivity index (χ3v) is 4.77. The van der Waals surface area contributed by atoms with Crippen LogP contribution in [-0.2, 0) is 18.4 Å². The summed E-state index contributed by atoms with van der Waals surface area (Å²) < 4.78 is 1.51. The number of fused-ring (bicyclic) bond motifs is 1. The lowest BCUT2D eigenvalue weighted by atomic mass is 10.1. The first-order chi connectivity index (χ1) is 11.6. The van der Waals surface area contributed by atoms with Gasteiger partial charge in [-0.3, -0.25) is 19.3 Å². The van der Waals surface area contributed by atoms with Gasteiger partial charge >= 0.3 is 0 Å². The molecule has 0 unspecified atom stereocenters. The Hall–Kier alpha value is -2.77. The maximum atomic E-state index is 12.6. The van der Waals surface area contributed by atoms with Crippen LogP contribution in [0, 0.1) is 0 Å². The molecule has 2 aliphatic rings. The molecule has 2 aliphatic heterocycles. The predicted molar refractivity (Wildman–Crippen MR) is 83.6 cm³/mol. The van der Waals surface area contributed by atoms with Crippen molar-refractivity contribution in [3.8, 4) is 0 Å². The van der Waals surface area contributed by atoms with Crippen LogP contribution in [0.25, 0.3) is 0 Å². The number of carbonyl (C=O) groups excluding carboxylic acids is 2. The molecule has 8 nitrogen and oxygen atoms in total. The molecule has 2 amide bonds. The topological polar surface area (TPSA) is 84.2 Å². The highest BCUT2D eigenvalue weighted by Gasteiger charge is 2.48. The lowest BCUT2D eigenvalue weighted by Gasteiger charge is -2.25. The standard InChI is InChI=1S/C16H18N6O2/c1-20-10-18-15(19-20)16(24)21-7-4-12-13(21)8-14(23)22(12)9-11-2-5-17-6-3-11/h2-3,5-6,10,12-13H,4,7-9H2,1H3/t12-,13+/m1/s1. The first-order valence-electron chi connectivity index (χ1n) is 7.98. The summed E-state index contributed by atoms with van der Waals surface area (Å²) in [4.78, 5) is 36.7. The van der Waals surface area contributed by atoms with E-state index in [1.807, 2.05) is 17.0 Å². The fourth-order valence-corrected chi connectivity index (χ4v) is 3.64. The molecule has 4 heterocycles. The third-order valence-electron chi connectivity index (χ3n) is 4.77. The fourth-order valence-electron chi connectivity index (χ4n) is 3.64. The maximum absolute atomic E-state index is 12.6. The molecule has 0 saturated carbocycles. The molecular weight excluding hydrogens is 308 g/mol. The number of pyridine rings is 1. The highest BCUT2D eigenvalue weighted by Crippen LogP contribution is 2.34. The van der Waals surface area contributed by atoms with E-state index in [2.05, 4.69) is 15.1 Å². The van der Waals surface area contributed by atoms with Gasteiger partial charge in [-0.15, -0.1) is 5.10 Å². The van der Waals surface area contributed by atoms with E-state index < -0.39 is 0 Å². The van der Waals surface area contributed by atoms with Gasteiger partial charge < -0.3 is 9.80 Å². The molecule has 2 fully saturated rings. The second kappa shape index (κ2) is 5.70. The van der Waals surface area contributed by atoms with Crippen molar-refractivity contribution in [2.45, 2.75) is 31.5 Å². The van der Waals surface area contributed by atoms with Crippen LogP contribution in [0.4, 0.5) is 0 Å². The van der Waals surface area contributed by atoms with E-state index in [0.29, 0.717) is 19.5 Å². The van der Waals surface area contributed by atoms with Crippen molar-refractivity contribution in [1.29, 1.82) is 0 Å². The van der Waals surface area contributed by atoms with Gasteiger partial charge in [-0.1, -0.05) is 0 Å². The van der Waals surface area contributed by atoms with Gasteiger partial charge in [0.25, 0.3) is 5.91 Å². The second-order valence-electron chi connectivity index (χ2n) is 6.24. The van der Waals surface area contributed by atoms with E-state index in [1.54, 1.807) is 24.3 Å². The normalized spacial score (nSPS) is 23.0. The Labute approximate surface area is 139 Å². The zero-order valence-electron chi connectivity index (χ0n) is 13.4. The van der Waals surface area contributed by atoms with Gasteiger partial charge in [0.15, 0.2) is 0 Å². The number of rotatable bonds is 3. The van der Waals surface area contributed by atoms with Crippen LogP contribution in [0.1, 0.15) is 29.0 Å². The zero-order valence-corrected chi connectivity index (χ0v) is 13.4. The van der Waals surface area contributed by atoms with Crippen molar-refractivity contribution in [3.05, 3.63) is 42.2 Å². The number of likely N-dealkylation sites (tertiary alicyclic amines) is 2. The van der Waals surface area contributed by atoms with Gasteiger partial charge in [-0.25, -0.2) is 4.98 Å². The van der Waals surface area contributed by atoms with Gasteiger partial charge in [-0.2, -0.15) is 0 Å². The predicted octanol–water partition coefficient (Wildman–Crippen LogP) is 0.226. The van der Waals surface area contributed by atoms with E-state index in [4.69, 9.17) is 0 Å². The molecule has 2 aromatic rings. The van der Waals surface area contributed by atoms with Crippen LogP contribution >= 0.6 is 0 Å². The van der Waals surface area contributed by atoms with E-state index in [0.717, 1.165) is 12.0 Å². The summed E-state index contributed by atoms with van der Waals surface area (Å²) >= 11 is 0. The molecule has 0 spiro atoms. The number of amides is 2. The molecule has 124 valence electrons. The number of aromatic nitrogens is 4. The number of carbonyl (C=O) groups is 2. The lowest BCUT2D eigenvalue weighted by molar-refractivity contribution is -0.129. The van der Waals surface area contributed by atoms with Gasteiger partial charge in [0, 0.05) is 39.0 Å². The largest absolute Gasteiger partial charge is 0.333 e. The number of hydrogen-bond donors (Lipinski definition) is 0. The Morgan fingerprint density at radius 2 is 2.08 bits per heavy atom. The number of nitrogens with zero attached hydrogens (tertiary/aromatic N) is 6. The molecule has 4 rings (SSSR count). The summed E-state index contributed by atoms with van der Waals surface area (Å²) in [5.41, 5.74) is 1.05. The molecule has 0 bridgehead atoms. The molecule has 0 aliphatic carbocycles. The van der Waals surface area contributed by atoms with E-state index in [-0.39, 0.29) is 29.7 Å². The van der Waals surface area contributed by atoms with Crippen molar-refractivity contribution >= 4 is 11.8 Å². The summed E-state index contributed by atoms with van der Waals surface area (Å²) in [7, 11) is 1.73. The first-order valence-corrected chi connectivity index (χ1v) is 7.98. The molecule has 0 N–H and O–H groups in total. The monoisotopic (exact) mass is 326 g/mol. The highest BCUT2D eigenvalue weighted by atomic mass is 16.2. The van der Waals surface area contributed by atoms with Gasteiger partial charge in [0.05, 0.1) is 12.1 Å². The highest BCUT2D eigenvalue weighted by molar-refractivity contribution is 5.92. The van der Waals surface area contributed by atoms with Gasteiger partial charge in [-0.05, 0) is 24.1 Å². The summed E-state index contributed by atoms with van der Waals surface area (Å²) in [5.74, 6) is 0.0909. The third kappa shape index (κ3) is 2.44. The minimum atomic E-state index is -0.193. The minimum absolute atomic E-state index is 0.0679. The minimum Gasteiger partial charge on any atom is -0.333 e. The average molecular weight is 326 g/mol. The van der Waals surface area contributed by atoms with Crippen molar-refractivity contribution in [3.63, 3.8) is 0 Å². The quantitative estimate of drug-likeness (QED) is 0.806. The van der Waals surface area contributed by atoms with E-state index >= 15 is 0 Å². The second-order valence-corrected chi connectivity index (χ2v) is 6.24. The number of hydrogen-bond acceptors (Lipinski definition) is 5. The van der Waals surface area contributed by atoms with Crippen molar-refractivity contribution < 1.29 is 9.59 Å². The maximum Gasteiger partial charge on any atom is 0.293 e. The molecule has 2 atom stereocenters. The summed E-state index contributed by atoms with van der Waals surface area (Å²) in [6, 6.07) is 3.81. The molecule has 0 aromatic carbocycles. The van der Waals surface area contributed by atoms with Gasteiger partial charge in [0.2, 0.25) is 11.7 Å². The molecule has 2 saturated heterocycles. The Bertz CT molecular complexity index is 774. The average Bonchev–Trinajstić information content (AvgIpc) is 3.26. The smallest absolute Gasteiger partial charge is 0.293 e. The fraction of sp³-hybridized carbons (Fsp3) is 0.438. The van der Waals surface area contributed by atoms with E-state index in [1.165, 1.54) is 11.0 Å². The molecule has 2 aromatic heterocycles. The Balaban J connectivity index is 1.52. The SMILES string of the molecule is Cn1cnc(C(=O)N2CC[C@@H]3[C@@H]2CC(=O)N3Cc2ccncc2)n1. The number of aryl methyl sites for hydroxylation is 1. The molecule has 8 heteroatoms.